The zero-order valence-corrected chi connectivity index (χ0v) is 19.9. The summed E-state index contributed by atoms with van der Waals surface area (Å²) in [5.74, 6) is 0.312. The number of carbonyl (C=O) groups is 1. The summed E-state index contributed by atoms with van der Waals surface area (Å²) in [6.45, 7) is -0.346. The van der Waals surface area contributed by atoms with E-state index in [-0.39, 0.29) is 6.61 Å². The SMILES string of the molecule is O=C(O)COc1ccc(SCC=C(c2ccc(-c3ccccc3)cc2)c2cccc(Cl)c2)cc1. The first-order chi connectivity index (χ1) is 16.6. The number of aliphatic carboxylic acids is 1. The Morgan fingerprint density at radius 2 is 1.53 bits per heavy atom. The maximum absolute atomic E-state index is 10.6. The lowest BCUT2D eigenvalue weighted by Gasteiger charge is -2.11. The van der Waals surface area contributed by atoms with Gasteiger partial charge in [-0.1, -0.05) is 84.4 Å². The Labute approximate surface area is 208 Å². The molecule has 4 aromatic rings. The van der Waals surface area contributed by atoms with Crippen LogP contribution < -0.4 is 4.74 Å². The van der Waals surface area contributed by atoms with Crippen LogP contribution in [0.4, 0.5) is 0 Å². The molecule has 3 nitrogen and oxygen atoms in total. The van der Waals surface area contributed by atoms with Crippen LogP contribution in [0, 0.1) is 0 Å². The van der Waals surface area contributed by atoms with Gasteiger partial charge in [0, 0.05) is 15.7 Å². The standard InChI is InChI=1S/C29H23ClO3S/c30-25-8-4-7-24(19-25)28(23-11-9-22(10-12-23)21-5-2-1-3-6-21)17-18-34-27-15-13-26(14-16-27)33-20-29(31)32/h1-17,19H,18,20H2,(H,31,32). The molecule has 0 unspecified atom stereocenters. The summed E-state index contributed by atoms with van der Waals surface area (Å²) in [6, 6.07) is 34.3. The van der Waals surface area contributed by atoms with Crippen LogP contribution >= 0.6 is 23.4 Å². The van der Waals surface area contributed by atoms with Crippen LogP contribution in [0.2, 0.25) is 5.02 Å². The molecule has 0 saturated heterocycles. The van der Waals surface area contributed by atoms with Crippen molar-refractivity contribution in [2.45, 2.75) is 4.90 Å². The first-order valence-electron chi connectivity index (χ1n) is 10.8. The van der Waals surface area contributed by atoms with Crippen LogP contribution in [-0.4, -0.2) is 23.4 Å². The third-order valence-corrected chi connectivity index (χ3v) is 6.34. The number of hydrogen-bond acceptors (Lipinski definition) is 3. The second-order valence-corrected chi connectivity index (χ2v) is 9.07. The molecule has 0 amide bonds. The van der Waals surface area contributed by atoms with Gasteiger partial charge in [-0.25, -0.2) is 4.79 Å². The van der Waals surface area contributed by atoms with E-state index >= 15 is 0 Å². The molecule has 0 fully saturated rings. The van der Waals surface area contributed by atoms with E-state index < -0.39 is 5.97 Å². The molecule has 0 bridgehead atoms. The topological polar surface area (TPSA) is 46.5 Å². The van der Waals surface area contributed by atoms with E-state index in [9.17, 15) is 4.79 Å². The normalized spacial score (nSPS) is 11.3. The average molecular weight is 487 g/mol. The Bertz CT molecular complexity index is 1270. The first kappa shape index (κ1) is 23.7. The van der Waals surface area contributed by atoms with Gasteiger partial charge in [-0.2, -0.15) is 0 Å². The molecule has 0 aliphatic heterocycles. The number of thioether (sulfide) groups is 1. The maximum atomic E-state index is 10.6. The summed E-state index contributed by atoms with van der Waals surface area (Å²) in [4.78, 5) is 11.7. The van der Waals surface area contributed by atoms with Crippen LogP contribution in [0.1, 0.15) is 11.1 Å². The number of benzene rings is 4. The third kappa shape index (κ3) is 6.53. The molecule has 0 aliphatic rings. The summed E-state index contributed by atoms with van der Waals surface area (Å²) >= 11 is 7.98. The first-order valence-corrected chi connectivity index (χ1v) is 12.1. The van der Waals surface area contributed by atoms with Crippen molar-refractivity contribution in [3.63, 3.8) is 0 Å². The Morgan fingerprint density at radius 1 is 0.824 bits per heavy atom. The zero-order chi connectivity index (χ0) is 23.8. The monoisotopic (exact) mass is 486 g/mol. The van der Waals surface area contributed by atoms with Gasteiger partial charge in [0.25, 0.3) is 0 Å². The molecule has 0 aliphatic carbocycles. The van der Waals surface area contributed by atoms with Crippen molar-refractivity contribution >= 4 is 34.9 Å². The maximum Gasteiger partial charge on any atom is 0.341 e. The minimum Gasteiger partial charge on any atom is -0.482 e. The lowest BCUT2D eigenvalue weighted by molar-refractivity contribution is -0.139. The molecule has 170 valence electrons. The average Bonchev–Trinajstić information content (AvgIpc) is 2.87. The van der Waals surface area contributed by atoms with Crippen LogP contribution in [0.5, 0.6) is 5.75 Å². The quantitative estimate of drug-likeness (QED) is 0.246. The second kappa shape index (κ2) is 11.6. The van der Waals surface area contributed by atoms with E-state index in [0.717, 1.165) is 27.3 Å². The van der Waals surface area contributed by atoms with Gasteiger partial charge >= 0.3 is 5.97 Å². The number of carboxylic acid groups (broad SMARTS) is 1. The minimum absolute atomic E-state index is 0.346. The van der Waals surface area contributed by atoms with Gasteiger partial charge in [-0.05, 0) is 64.2 Å². The second-order valence-electron chi connectivity index (χ2n) is 7.54. The molecule has 0 saturated carbocycles. The third-order valence-electron chi connectivity index (χ3n) is 5.16. The van der Waals surface area contributed by atoms with E-state index in [0.29, 0.717) is 10.8 Å². The Morgan fingerprint density at radius 3 is 2.21 bits per heavy atom. The van der Waals surface area contributed by atoms with Gasteiger partial charge in [0.1, 0.15) is 5.75 Å². The van der Waals surface area contributed by atoms with Crippen molar-refractivity contribution in [1.29, 1.82) is 0 Å². The molecule has 4 aromatic carbocycles. The molecule has 1 N–H and O–H groups in total. The number of ether oxygens (including phenoxy) is 1. The van der Waals surface area contributed by atoms with Crippen molar-refractivity contribution in [2.75, 3.05) is 12.4 Å². The summed E-state index contributed by atoms with van der Waals surface area (Å²) in [5.41, 5.74) is 5.68. The Balaban J connectivity index is 1.53. The van der Waals surface area contributed by atoms with Gasteiger partial charge in [-0.3, -0.25) is 0 Å². The van der Waals surface area contributed by atoms with E-state index in [4.69, 9.17) is 21.4 Å². The fourth-order valence-corrected chi connectivity index (χ4v) is 4.49. The van der Waals surface area contributed by atoms with Gasteiger partial charge in [0.15, 0.2) is 6.61 Å². The molecule has 34 heavy (non-hydrogen) atoms. The van der Waals surface area contributed by atoms with E-state index in [1.54, 1.807) is 23.9 Å². The minimum atomic E-state index is -0.992. The zero-order valence-electron chi connectivity index (χ0n) is 18.4. The molecule has 0 spiro atoms. The summed E-state index contributed by atoms with van der Waals surface area (Å²) in [7, 11) is 0. The molecular formula is C29H23ClO3S. The number of rotatable bonds is 9. The van der Waals surface area contributed by atoms with Crippen LogP contribution in [0.3, 0.4) is 0 Å². The highest BCUT2D eigenvalue weighted by Crippen LogP contribution is 2.30. The molecule has 0 heterocycles. The van der Waals surface area contributed by atoms with Crippen molar-refractivity contribution < 1.29 is 14.6 Å². The molecular weight excluding hydrogens is 464 g/mol. The fourth-order valence-electron chi connectivity index (χ4n) is 3.53. The molecule has 4 rings (SSSR count). The number of halogens is 1. The van der Waals surface area contributed by atoms with E-state index in [1.165, 1.54) is 11.1 Å². The largest absolute Gasteiger partial charge is 0.482 e. The summed E-state index contributed by atoms with van der Waals surface area (Å²) < 4.78 is 5.20. The summed E-state index contributed by atoms with van der Waals surface area (Å²) in [5, 5.41) is 9.43. The predicted octanol–water partition coefficient (Wildman–Crippen LogP) is 7.69. The molecule has 5 heteroatoms. The van der Waals surface area contributed by atoms with Gasteiger partial charge in [0.2, 0.25) is 0 Å². The molecule has 0 aromatic heterocycles. The lowest BCUT2D eigenvalue weighted by Crippen LogP contribution is -2.09. The lowest BCUT2D eigenvalue weighted by atomic mass is 9.95. The van der Waals surface area contributed by atoms with Crippen molar-refractivity contribution in [3.05, 3.63) is 125 Å². The van der Waals surface area contributed by atoms with Gasteiger partial charge < -0.3 is 9.84 Å². The molecule has 0 atom stereocenters. The van der Waals surface area contributed by atoms with Crippen molar-refractivity contribution in [1.82, 2.24) is 0 Å². The smallest absolute Gasteiger partial charge is 0.341 e. The number of hydrogen-bond donors (Lipinski definition) is 1. The highest BCUT2D eigenvalue weighted by molar-refractivity contribution is 7.99. The molecule has 0 radical (unpaired) electrons. The highest BCUT2D eigenvalue weighted by Gasteiger charge is 2.07. The summed E-state index contributed by atoms with van der Waals surface area (Å²) in [6.07, 6.45) is 2.21. The Hall–Kier alpha value is -3.47. The Kier molecular flexibility index (Phi) is 8.08. The van der Waals surface area contributed by atoms with E-state index in [2.05, 4.69) is 48.5 Å². The predicted molar refractivity (Wildman–Crippen MR) is 141 cm³/mol. The highest BCUT2D eigenvalue weighted by atomic mass is 35.5. The van der Waals surface area contributed by atoms with Crippen LogP contribution in [0.15, 0.2) is 114 Å². The van der Waals surface area contributed by atoms with Crippen LogP contribution in [0.25, 0.3) is 16.7 Å². The fraction of sp³-hybridized carbons (Fsp3) is 0.0690. The number of carboxylic acids is 1. The van der Waals surface area contributed by atoms with E-state index in [1.807, 2.05) is 48.5 Å². The van der Waals surface area contributed by atoms with Gasteiger partial charge in [0.05, 0.1) is 0 Å². The van der Waals surface area contributed by atoms with Crippen LogP contribution in [-0.2, 0) is 4.79 Å². The van der Waals surface area contributed by atoms with Crippen molar-refractivity contribution in [3.8, 4) is 16.9 Å². The van der Waals surface area contributed by atoms with Crippen molar-refractivity contribution in [2.24, 2.45) is 0 Å². The van der Waals surface area contributed by atoms with Gasteiger partial charge in [-0.15, -0.1) is 11.8 Å².